The smallest absolute Gasteiger partial charge is 0.433 e. The zero-order chi connectivity index (χ0) is 23.6. The summed E-state index contributed by atoms with van der Waals surface area (Å²) in [5, 5.41) is 2.98. The van der Waals surface area contributed by atoms with Crippen LogP contribution in [0.3, 0.4) is 0 Å². The van der Waals surface area contributed by atoms with Gasteiger partial charge in [0.15, 0.2) is 11.5 Å². The van der Waals surface area contributed by atoms with Crippen molar-refractivity contribution in [1.29, 1.82) is 0 Å². The van der Waals surface area contributed by atoms with Gasteiger partial charge < -0.3 is 20.2 Å². The molecular weight excluding hydrogens is 441 g/mol. The Bertz CT molecular complexity index is 1310. The molecule has 0 aliphatic heterocycles. The molecule has 0 radical (unpaired) electrons. The van der Waals surface area contributed by atoms with Crippen LogP contribution in [0, 0.1) is 0 Å². The van der Waals surface area contributed by atoms with Crippen LogP contribution in [0.4, 0.5) is 13.2 Å². The van der Waals surface area contributed by atoms with Gasteiger partial charge in [0.25, 0.3) is 5.91 Å². The lowest BCUT2D eigenvalue weighted by Gasteiger charge is -2.11. The summed E-state index contributed by atoms with van der Waals surface area (Å²) >= 11 is 0. The summed E-state index contributed by atoms with van der Waals surface area (Å²) in [6.45, 7) is 0.0109. The van der Waals surface area contributed by atoms with Crippen molar-refractivity contribution in [2.45, 2.75) is 19.3 Å². The molecule has 0 bridgehead atoms. The summed E-state index contributed by atoms with van der Waals surface area (Å²) in [5.41, 5.74) is 5.52. The third kappa shape index (κ3) is 4.46. The van der Waals surface area contributed by atoms with Gasteiger partial charge in [0.05, 0.1) is 25.9 Å². The maximum Gasteiger partial charge on any atom is 0.433 e. The van der Waals surface area contributed by atoms with Crippen LogP contribution in [0.1, 0.15) is 27.6 Å². The molecule has 3 N–H and O–H groups in total. The van der Waals surface area contributed by atoms with E-state index >= 15 is 0 Å². The minimum Gasteiger partial charge on any atom is -0.494 e. The van der Waals surface area contributed by atoms with Gasteiger partial charge in [0.1, 0.15) is 23.3 Å². The van der Waals surface area contributed by atoms with Gasteiger partial charge in [-0.2, -0.15) is 13.2 Å². The van der Waals surface area contributed by atoms with E-state index in [-0.39, 0.29) is 41.7 Å². The number of hydrogen-bond donors (Lipinski definition) is 2. The summed E-state index contributed by atoms with van der Waals surface area (Å²) < 4.78 is 50.3. The quantitative estimate of drug-likeness (QED) is 0.451. The third-order valence-electron chi connectivity index (χ3n) is 4.73. The summed E-state index contributed by atoms with van der Waals surface area (Å²) in [7, 11) is 1.33. The molecule has 0 aliphatic rings. The molecule has 3 heterocycles. The number of hydrogen-bond acceptors (Lipinski definition) is 8. The Morgan fingerprint density at radius 2 is 2.00 bits per heavy atom. The fraction of sp³-hybridized carbons (Fsp3) is 0.190. The number of benzene rings is 1. The maximum atomic E-state index is 13.2. The lowest BCUT2D eigenvalue weighted by atomic mass is 10.1. The van der Waals surface area contributed by atoms with Crippen LogP contribution in [0.25, 0.3) is 22.4 Å². The fourth-order valence-corrected chi connectivity index (χ4v) is 3.16. The molecule has 170 valence electrons. The van der Waals surface area contributed by atoms with Crippen molar-refractivity contribution in [3.8, 4) is 17.2 Å². The summed E-state index contributed by atoms with van der Waals surface area (Å²) in [6, 6.07) is 6.76. The Hall–Kier alpha value is -4.06. The highest BCUT2D eigenvalue weighted by Crippen LogP contribution is 2.36. The van der Waals surface area contributed by atoms with Gasteiger partial charge in [0, 0.05) is 17.1 Å². The molecule has 0 saturated heterocycles. The SMILES string of the molecule is COc1ccc(-c2nc(C(=O)NCc3ccncn3)c(CN)o2)c2ccc(C(F)(F)F)nc12. The van der Waals surface area contributed by atoms with Crippen molar-refractivity contribution in [3.05, 3.63) is 65.7 Å². The maximum absolute atomic E-state index is 13.2. The number of aromatic nitrogens is 4. The molecular formula is C21H17F3N6O3. The number of nitrogens with two attached hydrogens (primary N) is 1. The molecule has 9 nitrogen and oxygen atoms in total. The average Bonchev–Trinajstić information content (AvgIpc) is 3.26. The number of alkyl halides is 3. The Labute approximate surface area is 184 Å². The second-order valence-electron chi connectivity index (χ2n) is 6.78. The van der Waals surface area contributed by atoms with Crippen LogP contribution in [0.5, 0.6) is 5.75 Å². The summed E-state index contributed by atoms with van der Waals surface area (Å²) in [6.07, 6.45) is -1.73. The molecule has 4 rings (SSSR count). The third-order valence-corrected chi connectivity index (χ3v) is 4.73. The Balaban J connectivity index is 1.72. The topological polar surface area (TPSA) is 129 Å². The highest BCUT2D eigenvalue weighted by Gasteiger charge is 2.33. The molecule has 0 aliphatic carbocycles. The normalized spacial score (nSPS) is 11.5. The number of nitrogens with zero attached hydrogens (tertiary/aromatic N) is 4. The number of carbonyl (C=O) groups excluding carboxylic acids is 1. The van der Waals surface area contributed by atoms with E-state index in [9.17, 15) is 18.0 Å². The highest BCUT2D eigenvalue weighted by molar-refractivity contribution is 5.98. The van der Waals surface area contributed by atoms with Crippen molar-refractivity contribution in [2.24, 2.45) is 5.73 Å². The van der Waals surface area contributed by atoms with Gasteiger partial charge in [-0.1, -0.05) is 0 Å². The molecule has 0 unspecified atom stereocenters. The first-order valence-electron chi connectivity index (χ1n) is 9.60. The number of rotatable bonds is 6. The van der Waals surface area contributed by atoms with E-state index in [1.807, 2.05) is 0 Å². The first-order valence-corrected chi connectivity index (χ1v) is 9.60. The van der Waals surface area contributed by atoms with Crippen molar-refractivity contribution >= 4 is 16.8 Å². The number of halogens is 3. The predicted octanol–water partition coefficient (Wildman–Crippen LogP) is 3.10. The molecule has 12 heteroatoms. The van der Waals surface area contributed by atoms with Gasteiger partial charge >= 0.3 is 6.18 Å². The molecule has 0 saturated carbocycles. The number of ether oxygens (including phenoxy) is 1. The minimum atomic E-state index is -4.63. The second kappa shape index (κ2) is 8.82. The number of oxazole rings is 1. The lowest BCUT2D eigenvalue weighted by molar-refractivity contribution is -0.140. The number of pyridine rings is 1. The molecule has 3 aromatic heterocycles. The van der Waals surface area contributed by atoms with E-state index < -0.39 is 17.8 Å². The molecule has 4 aromatic rings. The van der Waals surface area contributed by atoms with Crippen LogP contribution >= 0.6 is 0 Å². The lowest BCUT2D eigenvalue weighted by Crippen LogP contribution is -2.25. The molecule has 1 aromatic carbocycles. The van der Waals surface area contributed by atoms with Gasteiger partial charge in [-0.25, -0.2) is 19.9 Å². The van der Waals surface area contributed by atoms with E-state index in [0.29, 0.717) is 16.6 Å². The number of methoxy groups -OCH3 is 1. The van der Waals surface area contributed by atoms with Crippen LogP contribution in [0.15, 0.2) is 47.3 Å². The predicted molar refractivity (Wildman–Crippen MR) is 110 cm³/mol. The molecule has 33 heavy (non-hydrogen) atoms. The fourth-order valence-electron chi connectivity index (χ4n) is 3.16. The van der Waals surface area contributed by atoms with Crippen molar-refractivity contribution < 1.29 is 27.1 Å². The molecule has 1 amide bonds. The van der Waals surface area contributed by atoms with E-state index in [0.717, 1.165) is 6.07 Å². The van der Waals surface area contributed by atoms with Crippen molar-refractivity contribution in [2.75, 3.05) is 7.11 Å². The second-order valence-corrected chi connectivity index (χ2v) is 6.78. The van der Waals surface area contributed by atoms with Crippen LogP contribution < -0.4 is 15.8 Å². The monoisotopic (exact) mass is 458 g/mol. The average molecular weight is 458 g/mol. The standard InChI is InChI=1S/C21H17F3N6O3/c1-32-14-4-2-13(12-3-5-16(21(22,23)24)29-17(12)14)20-30-18(15(8-25)33-20)19(31)27-9-11-6-7-26-10-28-11/h2-7,10H,8-9,25H2,1H3,(H,27,31). The minimum absolute atomic E-state index is 0.0110. The van der Waals surface area contributed by atoms with Gasteiger partial charge in [-0.05, 0) is 30.3 Å². The number of fused-ring (bicyclic) bond motifs is 1. The van der Waals surface area contributed by atoms with Crippen molar-refractivity contribution in [1.82, 2.24) is 25.3 Å². The number of amides is 1. The van der Waals surface area contributed by atoms with Crippen LogP contribution in [-0.2, 0) is 19.3 Å². The van der Waals surface area contributed by atoms with Gasteiger partial charge in [-0.15, -0.1) is 0 Å². The largest absolute Gasteiger partial charge is 0.494 e. The molecule has 0 spiro atoms. The molecule has 0 atom stereocenters. The van der Waals surface area contributed by atoms with Crippen LogP contribution in [0.2, 0.25) is 0 Å². The summed E-state index contributed by atoms with van der Waals surface area (Å²) in [4.78, 5) is 28.5. The first-order chi connectivity index (χ1) is 15.8. The Kier molecular flexibility index (Phi) is 5.92. The van der Waals surface area contributed by atoms with E-state index in [2.05, 4.69) is 25.3 Å². The van der Waals surface area contributed by atoms with E-state index in [1.54, 1.807) is 18.3 Å². The van der Waals surface area contributed by atoms with Gasteiger partial charge in [-0.3, -0.25) is 4.79 Å². The van der Waals surface area contributed by atoms with Crippen molar-refractivity contribution in [3.63, 3.8) is 0 Å². The summed E-state index contributed by atoms with van der Waals surface area (Å²) in [5.74, 6) is -0.265. The zero-order valence-corrected chi connectivity index (χ0v) is 17.2. The number of nitrogens with one attached hydrogen (secondary N) is 1. The number of carbonyl (C=O) groups is 1. The van der Waals surface area contributed by atoms with E-state index in [4.69, 9.17) is 14.9 Å². The van der Waals surface area contributed by atoms with E-state index in [1.165, 1.54) is 25.6 Å². The van der Waals surface area contributed by atoms with Gasteiger partial charge in [0.2, 0.25) is 5.89 Å². The molecule has 0 fully saturated rings. The first kappa shape index (κ1) is 22.1. The van der Waals surface area contributed by atoms with Crippen LogP contribution in [-0.4, -0.2) is 33.0 Å². The Morgan fingerprint density at radius 3 is 2.67 bits per heavy atom. The Morgan fingerprint density at radius 1 is 1.18 bits per heavy atom. The highest BCUT2D eigenvalue weighted by atomic mass is 19.4. The zero-order valence-electron chi connectivity index (χ0n) is 17.2.